The van der Waals surface area contributed by atoms with Crippen LogP contribution in [0.1, 0.15) is 70.4 Å². The Balaban J connectivity index is 0.000000309. The first kappa shape index (κ1) is 17.2. The number of carbonyl (C=O) groups excluding carboxylic acids is 1. The maximum absolute atomic E-state index is 9.40. The molecule has 0 N–H and O–H groups in total. The first-order valence-corrected chi connectivity index (χ1v) is 8.99. The highest BCUT2D eigenvalue weighted by Crippen LogP contribution is 2.30. The van der Waals surface area contributed by atoms with Crippen molar-refractivity contribution in [1.82, 2.24) is 14.7 Å². The SMILES string of the molecule is CCCC=O.CCc1cnn(C2CCN(C3CCC3)CC2)c1. The molecule has 1 aliphatic carbocycles. The van der Waals surface area contributed by atoms with Gasteiger partial charge in [-0.25, -0.2) is 0 Å². The van der Waals surface area contributed by atoms with Crippen molar-refractivity contribution in [2.75, 3.05) is 13.1 Å². The Bertz CT molecular complexity index is 431. The lowest BCUT2D eigenvalue weighted by molar-refractivity contribution is -0.107. The molecule has 1 aliphatic heterocycles. The molecule has 4 heteroatoms. The van der Waals surface area contributed by atoms with Gasteiger partial charge in [-0.1, -0.05) is 20.3 Å². The smallest absolute Gasteiger partial charge is 0.119 e. The number of unbranched alkanes of at least 4 members (excludes halogenated alkanes) is 1. The van der Waals surface area contributed by atoms with E-state index in [-0.39, 0.29) is 0 Å². The molecule has 1 aromatic rings. The van der Waals surface area contributed by atoms with Gasteiger partial charge in [-0.15, -0.1) is 0 Å². The van der Waals surface area contributed by atoms with Crippen LogP contribution in [0.2, 0.25) is 0 Å². The van der Waals surface area contributed by atoms with Gasteiger partial charge in [0.15, 0.2) is 0 Å². The third kappa shape index (κ3) is 4.67. The van der Waals surface area contributed by atoms with Crippen molar-refractivity contribution >= 4 is 6.29 Å². The van der Waals surface area contributed by atoms with Crippen LogP contribution in [0.3, 0.4) is 0 Å². The molecule has 4 nitrogen and oxygen atoms in total. The molecule has 0 amide bonds. The van der Waals surface area contributed by atoms with Gasteiger partial charge in [0.2, 0.25) is 0 Å². The molecule has 2 heterocycles. The minimum atomic E-state index is 0.645. The van der Waals surface area contributed by atoms with Crippen LogP contribution in [0.4, 0.5) is 0 Å². The Labute approximate surface area is 134 Å². The summed E-state index contributed by atoms with van der Waals surface area (Å²) in [5, 5.41) is 4.51. The minimum Gasteiger partial charge on any atom is -0.303 e. The van der Waals surface area contributed by atoms with Crippen molar-refractivity contribution in [3.8, 4) is 0 Å². The average Bonchev–Trinajstić information content (AvgIpc) is 2.97. The van der Waals surface area contributed by atoms with Gasteiger partial charge in [0.05, 0.1) is 12.2 Å². The number of aryl methyl sites for hydroxylation is 1. The molecule has 0 unspecified atom stereocenters. The Hall–Kier alpha value is -1.16. The van der Waals surface area contributed by atoms with Gasteiger partial charge >= 0.3 is 0 Å². The summed E-state index contributed by atoms with van der Waals surface area (Å²) >= 11 is 0. The van der Waals surface area contributed by atoms with Crippen LogP contribution in [-0.2, 0) is 11.2 Å². The van der Waals surface area contributed by atoms with Crippen molar-refractivity contribution < 1.29 is 4.79 Å². The quantitative estimate of drug-likeness (QED) is 0.780. The summed E-state index contributed by atoms with van der Waals surface area (Å²) in [6.45, 7) is 6.72. The molecular formula is C18H31N3O. The predicted octanol–water partition coefficient (Wildman–Crippen LogP) is 3.62. The van der Waals surface area contributed by atoms with E-state index in [0.717, 1.165) is 25.2 Å². The number of aldehydes is 1. The van der Waals surface area contributed by atoms with Crippen LogP contribution in [0.15, 0.2) is 12.4 Å². The topological polar surface area (TPSA) is 38.1 Å². The van der Waals surface area contributed by atoms with Gasteiger partial charge in [-0.3, -0.25) is 4.68 Å². The summed E-state index contributed by atoms with van der Waals surface area (Å²) in [5.41, 5.74) is 1.37. The molecule has 124 valence electrons. The van der Waals surface area contributed by atoms with E-state index in [9.17, 15) is 4.79 Å². The summed E-state index contributed by atoms with van der Waals surface area (Å²) in [7, 11) is 0. The molecule has 1 aromatic heterocycles. The maximum Gasteiger partial charge on any atom is 0.119 e. The van der Waals surface area contributed by atoms with Crippen LogP contribution < -0.4 is 0 Å². The lowest BCUT2D eigenvalue weighted by Crippen LogP contribution is -2.45. The highest BCUT2D eigenvalue weighted by Gasteiger charge is 2.29. The molecule has 2 aliphatic rings. The standard InChI is InChI=1S/C14H23N3.C4H8O/c1-2-12-10-15-17(11-12)14-6-8-16(9-7-14)13-4-3-5-13;1-2-3-4-5/h10-11,13-14H,2-9H2,1H3;4H,2-3H2,1H3. The van der Waals surface area contributed by atoms with Gasteiger partial charge in [0.25, 0.3) is 0 Å². The fraction of sp³-hybridized carbons (Fsp3) is 0.778. The highest BCUT2D eigenvalue weighted by atomic mass is 16.1. The highest BCUT2D eigenvalue weighted by molar-refractivity contribution is 5.48. The van der Waals surface area contributed by atoms with Crippen molar-refractivity contribution in [3.05, 3.63) is 18.0 Å². The van der Waals surface area contributed by atoms with Crippen LogP contribution in [0.5, 0.6) is 0 Å². The third-order valence-electron chi connectivity index (χ3n) is 4.93. The molecular weight excluding hydrogens is 274 g/mol. The Morgan fingerprint density at radius 2 is 1.91 bits per heavy atom. The first-order chi connectivity index (χ1) is 10.8. The average molecular weight is 305 g/mol. The molecule has 0 spiro atoms. The number of carbonyl (C=O) groups is 1. The summed E-state index contributed by atoms with van der Waals surface area (Å²) < 4.78 is 2.21. The fourth-order valence-electron chi connectivity index (χ4n) is 3.14. The zero-order valence-electron chi connectivity index (χ0n) is 14.2. The number of aromatic nitrogens is 2. The van der Waals surface area contributed by atoms with Gasteiger partial charge in [0, 0.05) is 31.7 Å². The van der Waals surface area contributed by atoms with E-state index in [0.29, 0.717) is 12.5 Å². The number of hydrogen-bond donors (Lipinski definition) is 0. The van der Waals surface area contributed by atoms with Gasteiger partial charge in [-0.05, 0) is 44.1 Å². The lowest BCUT2D eigenvalue weighted by atomic mass is 9.89. The number of piperidine rings is 1. The minimum absolute atomic E-state index is 0.645. The predicted molar refractivity (Wildman–Crippen MR) is 90.1 cm³/mol. The number of nitrogens with zero attached hydrogens (tertiary/aromatic N) is 3. The van der Waals surface area contributed by atoms with E-state index in [2.05, 4.69) is 27.8 Å². The van der Waals surface area contributed by atoms with Crippen LogP contribution >= 0.6 is 0 Å². The molecule has 0 atom stereocenters. The van der Waals surface area contributed by atoms with Gasteiger partial charge in [0.1, 0.15) is 6.29 Å². The summed E-state index contributed by atoms with van der Waals surface area (Å²) in [4.78, 5) is 12.1. The van der Waals surface area contributed by atoms with E-state index in [1.165, 1.54) is 50.8 Å². The number of likely N-dealkylation sites (tertiary alicyclic amines) is 1. The van der Waals surface area contributed by atoms with Crippen molar-refractivity contribution in [2.24, 2.45) is 0 Å². The van der Waals surface area contributed by atoms with Crippen molar-refractivity contribution in [3.63, 3.8) is 0 Å². The summed E-state index contributed by atoms with van der Waals surface area (Å²) in [6, 6.07) is 1.56. The second-order valence-electron chi connectivity index (χ2n) is 6.49. The number of hydrogen-bond acceptors (Lipinski definition) is 3. The fourth-order valence-corrected chi connectivity index (χ4v) is 3.14. The van der Waals surface area contributed by atoms with Crippen molar-refractivity contribution in [1.29, 1.82) is 0 Å². The van der Waals surface area contributed by atoms with E-state index in [1.54, 1.807) is 0 Å². The Morgan fingerprint density at radius 3 is 2.32 bits per heavy atom. The van der Waals surface area contributed by atoms with E-state index < -0.39 is 0 Å². The molecule has 2 fully saturated rings. The summed E-state index contributed by atoms with van der Waals surface area (Å²) in [5.74, 6) is 0. The lowest BCUT2D eigenvalue weighted by Gasteiger charge is -2.41. The molecule has 1 saturated carbocycles. The first-order valence-electron chi connectivity index (χ1n) is 8.99. The van der Waals surface area contributed by atoms with Gasteiger partial charge < -0.3 is 9.69 Å². The monoisotopic (exact) mass is 305 g/mol. The third-order valence-corrected chi connectivity index (χ3v) is 4.93. The van der Waals surface area contributed by atoms with Gasteiger partial charge in [-0.2, -0.15) is 5.10 Å². The zero-order valence-corrected chi connectivity index (χ0v) is 14.2. The number of rotatable bonds is 5. The van der Waals surface area contributed by atoms with E-state index in [1.807, 2.05) is 13.1 Å². The Kier molecular flexibility index (Phi) is 7.10. The molecule has 3 rings (SSSR count). The van der Waals surface area contributed by atoms with Crippen LogP contribution in [-0.4, -0.2) is 40.1 Å². The molecule has 22 heavy (non-hydrogen) atoms. The molecule has 0 radical (unpaired) electrons. The molecule has 1 saturated heterocycles. The maximum atomic E-state index is 9.40. The second-order valence-corrected chi connectivity index (χ2v) is 6.49. The molecule has 0 bridgehead atoms. The second kappa shape index (κ2) is 9.09. The molecule has 0 aromatic carbocycles. The van der Waals surface area contributed by atoms with Crippen LogP contribution in [0.25, 0.3) is 0 Å². The zero-order chi connectivity index (χ0) is 15.8. The normalized spacial score (nSPS) is 20.1. The van der Waals surface area contributed by atoms with Crippen molar-refractivity contribution in [2.45, 2.75) is 77.3 Å². The largest absolute Gasteiger partial charge is 0.303 e. The van der Waals surface area contributed by atoms with E-state index in [4.69, 9.17) is 0 Å². The Morgan fingerprint density at radius 1 is 1.18 bits per heavy atom. The van der Waals surface area contributed by atoms with Crippen LogP contribution in [0, 0.1) is 0 Å². The summed E-state index contributed by atoms with van der Waals surface area (Å²) in [6.07, 6.45) is 14.9. The van der Waals surface area contributed by atoms with E-state index >= 15 is 0 Å².